The number of aryl methyl sites for hydroxylation is 1. The molecule has 8 nitrogen and oxygen atoms in total. The zero-order valence-corrected chi connectivity index (χ0v) is 22.4. The van der Waals surface area contributed by atoms with Crippen molar-refractivity contribution in [3.05, 3.63) is 82.9 Å². The van der Waals surface area contributed by atoms with Crippen LogP contribution in [0.4, 0.5) is 11.4 Å². The zero-order valence-electron chi connectivity index (χ0n) is 20.0. The number of halogens is 1. The average Bonchev–Trinajstić information content (AvgIpc) is 3.26. The maximum atomic E-state index is 13.7. The van der Waals surface area contributed by atoms with E-state index in [1.54, 1.807) is 43.3 Å². The molecule has 0 aliphatic carbocycles. The topological polar surface area (TPSA) is 95.1 Å². The standard InChI is InChI=1S/C25H26ClN3O5S2/c1-18-6-4-5-7-23(18)29(36(33,34)21-10-8-20(26)9-11-21)17-25(30)28-15-14-19-16-22(12-13-24(19)28)35(31,32)27(2)3/h4-13,16H,14-15,17H2,1-3H3. The van der Waals surface area contributed by atoms with Gasteiger partial charge in [-0.15, -0.1) is 0 Å². The molecular weight excluding hydrogens is 522 g/mol. The number of carbonyl (C=O) groups excluding carboxylic acids is 1. The molecule has 0 radical (unpaired) electrons. The maximum absolute atomic E-state index is 13.7. The molecule has 3 aromatic carbocycles. The number of carbonyl (C=O) groups is 1. The first kappa shape index (κ1) is 26.2. The van der Waals surface area contributed by atoms with Crippen molar-refractivity contribution in [3.8, 4) is 0 Å². The van der Waals surface area contributed by atoms with Crippen LogP contribution in [0.3, 0.4) is 0 Å². The Hall–Kier alpha value is -2.92. The van der Waals surface area contributed by atoms with Crippen LogP contribution in [-0.2, 0) is 31.3 Å². The predicted octanol–water partition coefficient (Wildman–Crippen LogP) is 3.68. The second-order valence-corrected chi connectivity index (χ2v) is 13.1. The van der Waals surface area contributed by atoms with Gasteiger partial charge in [0.2, 0.25) is 15.9 Å². The van der Waals surface area contributed by atoms with Crippen molar-refractivity contribution in [2.75, 3.05) is 36.4 Å². The van der Waals surface area contributed by atoms with Crippen LogP contribution in [-0.4, -0.2) is 54.2 Å². The minimum Gasteiger partial charge on any atom is -0.310 e. The third kappa shape index (κ3) is 4.86. The highest BCUT2D eigenvalue weighted by Gasteiger charge is 2.33. The number of hydrogen-bond acceptors (Lipinski definition) is 5. The highest BCUT2D eigenvalue weighted by Crippen LogP contribution is 2.33. The first-order valence-corrected chi connectivity index (χ1v) is 14.4. The van der Waals surface area contributed by atoms with Crippen molar-refractivity contribution in [1.29, 1.82) is 0 Å². The highest BCUT2D eigenvalue weighted by molar-refractivity contribution is 7.92. The van der Waals surface area contributed by atoms with Crippen molar-refractivity contribution in [2.45, 2.75) is 23.1 Å². The van der Waals surface area contributed by atoms with E-state index < -0.39 is 32.5 Å². The molecule has 0 saturated heterocycles. The normalized spacial score (nSPS) is 13.6. The van der Waals surface area contributed by atoms with Crippen LogP contribution in [0.5, 0.6) is 0 Å². The third-order valence-electron chi connectivity index (χ3n) is 6.09. The molecule has 0 unspecified atom stereocenters. The summed E-state index contributed by atoms with van der Waals surface area (Å²) in [5.41, 5.74) is 2.39. The fraction of sp³-hybridized carbons (Fsp3) is 0.240. The molecule has 0 spiro atoms. The quantitative estimate of drug-likeness (QED) is 0.449. The Morgan fingerprint density at radius 3 is 2.19 bits per heavy atom. The van der Waals surface area contributed by atoms with Gasteiger partial charge in [0.05, 0.1) is 15.5 Å². The molecule has 190 valence electrons. The van der Waals surface area contributed by atoms with Gasteiger partial charge in [0.1, 0.15) is 6.54 Å². The largest absolute Gasteiger partial charge is 0.310 e. The van der Waals surface area contributed by atoms with Crippen LogP contribution in [0.25, 0.3) is 0 Å². The molecule has 0 N–H and O–H groups in total. The van der Waals surface area contributed by atoms with Crippen LogP contribution < -0.4 is 9.21 Å². The van der Waals surface area contributed by atoms with Gasteiger partial charge >= 0.3 is 0 Å². The van der Waals surface area contributed by atoms with Gasteiger partial charge < -0.3 is 4.90 Å². The van der Waals surface area contributed by atoms with Gasteiger partial charge in [-0.25, -0.2) is 21.1 Å². The van der Waals surface area contributed by atoms with Crippen molar-refractivity contribution < 1.29 is 21.6 Å². The van der Waals surface area contributed by atoms with Crippen molar-refractivity contribution in [3.63, 3.8) is 0 Å². The summed E-state index contributed by atoms with van der Waals surface area (Å²) in [6.45, 7) is 1.68. The van der Waals surface area contributed by atoms with Gasteiger partial charge in [0.15, 0.2) is 0 Å². The lowest BCUT2D eigenvalue weighted by Crippen LogP contribution is -2.43. The number of fused-ring (bicyclic) bond motifs is 1. The first-order chi connectivity index (χ1) is 16.9. The number of amides is 1. The van der Waals surface area contributed by atoms with Gasteiger partial charge in [-0.1, -0.05) is 29.8 Å². The first-order valence-electron chi connectivity index (χ1n) is 11.1. The minimum atomic E-state index is -4.09. The smallest absolute Gasteiger partial charge is 0.264 e. The molecule has 3 aromatic rings. The van der Waals surface area contributed by atoms with Crippen molar-refractivity contribution >= 4 is 48.9 Å². The Kier molecular flexibility index (Phi) is 7.16. The fourth-order valence-electron chi connectivity index (χ4n) is 4.09. The lowest BCUT2D eigenvalue weighted by Gasteiger charge is -2.28. The molecule has 1 aliphatic rings. The summed E-state index contributed by atoms with van der Waals surface area (Å²) in [7, 11) is -4.79. The van der Waals surface area contributed by atoms with Crippen molar-refractivity contribution in [2.24, 2.45) is 0 Å². The van der Waals surface area contributed by atoms with Gasteiger partial charge in [0.25, 0.3) is 10.0 Å². The number of sulfonamides is 2. The molecule has 0 saturated carbocycles. The summed E-state index contributed by atoms with van der Waals surface area (Å²) in [6.07, 6.45) is 0.464. The monoisotopic (exact) mass is 547 g/mol. The Labute approximate surface area is 216 Å². The SMILES string of the molecule is Cc1ccccc1N(CC(=O)N1CCc2cc(S(=O)(=O)N(C)C)ccc21)S(=O)(=O)c1ccc(Cl)cc1. The molecule has 1 heterocycles. The van der Waals surface area contributed by atoms with Crippen LogP contribution in [0.1, 0.15) is 11.1 Å². The molecule has 0 fully saturated rings. The van der Waals surface area contributed by atoms with Gasteiger partial charge in [-0.3, -0.25) is 9.10 Å². The van der Waals surface area contributed by atoms with Crippen molar-refractivity contribution in [1.82, 2.24) is 4.31 Å². The third-order valence-corrected chi connectivity index (χ3v) is 9.93. The fourth-order valence-corrected chi connectivity index (χ4v) is 6.65. The van der Waals surface area contributed by atoms with E-state index in [9.17, 15) is 21.6 Å². The van der Waals surface area contributed by atoms with E-state index in [1.807, 2.05) is 0 Å². The Morgan fingerprint density at radius 2 is 1.56 bits per heavy atom. The van der Waals surface area contributed by atoms with Crippen LogP contribution in [0.2, 0.25) is 5.02 Å². The van der Waals surface area contributed by atoms with Gasteiger partial charge in [-0.2, -0.15) is 0 Å². The maximum Gasteiger partial charge on any atom is 0.264 e. The number of anilines is 2. The molecule has 36 heavy (non-hydrogen) atoms. The molecule has 1 amide bonds. The minimum absolute atomic E-state index is 0.0170. The highest BCUT2D eigenvalue weighted by atomic mass is 35.5. The zero-order chi connectivity index (χ0) is 26.3. The summed E-state index contributed by atoms with van der Waals surface area (Å²) in [5.74, 6) is -0.419. The van der Waals surface area contributed by atoms with Crippen LogP contribution in [0, 0.1) is 6.92 Å². The second kappa shape index (κ2) is 9.85. The molecule has 4 rings (SSSR count). The number of nitrogens with zero attached hydrogens (tertiary/aromatic N) is 3. The van der Waals surface area contributed by atoms with E-state index >= 15 is 0 Å². The van der Waals surface area contributed by atoms with Crippen LogP contribution >= 0.6 is 11.6 Å². The Balaban J connectivity index is 1.69. The van der Waals surface area contributed by atoms with E-state index in [-0.39, 0.29) is 9.79 Å². The molecule has 0 atom stereocenters. The predicted molar refractivity (Wildman–Crippen MR) is 141 cm³/mol. The summed E-state index contributed by atoms with van der Waals surface area (Å²) < 4.78 is 54.6. The van der Waals surface area contributed by atoms with Gasteiger partial charge in [0, 0.05) is 31.4 Å². The second-order valence-electron chi connectivity index (χ2n) is 8.63. The van der Waals surface area contributed by atoms with E-state index in [2.05, 4.69) is 0 Å². The Bertz CT molecular complexity index is 1520. The van der Waals surface area contributed by atoms with E-state index in [0.717, 1.165) is 8.61 Å². The van der Waals surface area contributed by atoms with Gasteiger partial charge in [-0.05, 0) is 73.0 Å². The van der Waals surface area contributed by atoms with Crippen LogP contribution in [0.15, 0.2) is 76.5 Å². The molecular formula is C25H26ClN3O5S2. The molecule has 1 aliphatic heterocycles. The van der Waals surface area contributed by atoms with E-state index in [0.29, 0.717) is 40.5 Å². The summed E-state index contributed by atoms with van der Waals surface area (Å²) in [5, 5.41) is 0.400. The number of benzene rings is 3. The summed E-state index contributed by atoms with van der Waals surface area (Å²) >= 11 is 5.95. The number of rotatable bonds is 7. The lowest BCUT2D eigenvalue weighted by molar-refractivity contribution is -0.117. The summed E-state index contributed by atoms with van der Waals surface area (Å²) in [6, 6.07) is 17.4. The number of para-hydroxylation sites is 1. The number of hydrogen-bond donors (Lipinski definition) is 0. The van der Waals surface area contributed by atoms with E-state index in [4.69, 9.17) is 11.6 Å². The lowest BCUT2D eigenvalue weighted by atomic mass is 10.2. The summed E-state index contributed by atoms with van der Waals surface area (Å²) in [4.78, 5) is 15.2. The van der Waals surface area contributed by atoms with E-state index in [1.165, 1.54) is 49.3 Å². The molecule has 11 heteroatoms. The molecule has 0 bridgehead atoms. The molecule has 0 aromatic heterocycles. The Morgan fingerprint density at radius 1 is 0.917 bits per heavy atom. The average molecular weight is 548 g/mol.